The Morgan fingerprint density at radius 3 is 2.88 bits per heavy atom. The van der Waals surface area contributed by atoms with Crippen LogP contribution in [0.1, 0.15) is 30.6 Å². The molecular weight excluding hydrogens is 382 g/mol. The molecule has 129 valence electrons. The number of benzene rings is 1. The second-order valence-electron chi connectivity index (χ2n) is 5.62. The van der Waals surface area contributed by atoms with Gasteiger partial charge in [0.15, 0.2) is 0 Å². The van der Waals surface area contributed by atoms with Crippen molar-refractivity contribution < 1.29 is 13.9 Å². The SMILES string of the molecule is C#C[C@](C)(CC)NC(=O)c1cccnc1[As]c1cc(F)cc(OC)c1. The first-order valence-electron chi connectivity index (χ1n) is 7.72. The van der Waals surface area contributed by atoms with E-state index < -0.39 is 21.3 Å². The fourth-order valence-corrected chi connectivity index (χ4v) is 4.25. The summed E-state index contributed by atoms with van der Waals surface area (Å²) in [6.07, 6.45) is 7.76. The predicted octanol–water partition coefficient (Wildman–Crippen LogP) is 1.42. The molecule has 0 aliphatic rings. The molecule has 0 aliphatic heterocycles. The van der Waals surface area contributed by atoms with E-state index in [1.807, 2.05) is 6.92 Å². The minimum atomic E-state index is -0.719. The summed E-state index contributed by atoms with van der Waals surface area (Å²) in [5.74, 6) is 2.40. The summed E-state index contributed by atoms with van der Waals surface area (Å²) in [6, 6.07) is 7.92. The van der Waals surface area contributed by atoms with Gasteiger partial charge in [-0.1, -0.05) is 0 Å². The molecule has 1 radical (unpaired) electrons. The van der Waals surface area contributed by atoms with Crippen LogP contribution in [0.5, 0.6) is 5.75 Å². The number of rotatable bonds is 6. The summed E-state index contributed by atoms with van der Waals surface area (Å²) in [5, 5.41) is 2.87. The van der Waals surface area contributed by atoms with Crippen LogP contribution in [0.2, 0.25) is 0 Å². The molecule has 0 unspecified atom stereocenters. The summed E-state index contributed by atoms with van der Waals surface area (Å²) < 4.78 is 20.2. The third-order valence-electron chi connectivity index (χ3n) is 3.77. The molecule has 0 saturated carbocycles. The van der Waals surface area contributed by atoms with E-state index in [-0.39, 0.29) is 11.7 Å². The van der Waals surface area contributed by atoms with Crippen LogP contribution in [-0.4, -0.2) is 39.3 Å². The Kier molecular flexibility index (Phi) is 6.22. The maximum absolute atomic E-state index is 13.7. The van der Waals surface area contributed by atoms with Gasteiger partial charge in [-0.2, -0.15) is 0 Å². The van der Waals surface area contributed by atoms with Crippen molar-refractivity contribution in [1.82, 2.24) is 10.3 Å². The van der Waals surface area contributed by atoms with Crippen molar-refractivity contribution in [1.29, 1.82) is 0 Å². The fourth-order valence-electron chi connectivity index (χ4n) is 2.06. The molecule has 25 heavy (non-hydrogen) atoms. The zero-order chi connectivity index (χ0) is 18.4. The van der Waals surface area contributed by atoms with Crippen LogP contribution in [0.4, 0.5) is 4.39 Å². The number of methoxy groups -OCH3 is 1. The molecular formula is C19H19AsFN2O2. The molecule has 1 aromatic heterocycles. The minimum absolute atomic E-state index is 0.274. The van der Waals surface area contributed by atoms with Crippen LogP contribution in [-0.2, 0) is 0 Å². The molecule has 0 saturated heterocycles. The maximum atomic E-state index is 13.7. The third kappa shape index (κ3) is 4.84. The molecule has 1 heterocycles. The Balaban J connectivity index is 2.31. The molecule has 4 nitrogen and oxygen atoms in total. The van der Waals surface area contributed by atoms with Gasteiger partial charge in [-0.15, -0.1) is 0 Å². The number of hydrogen-bond acceptors (Lipinski definition) is 3. The van der Waals surface area contributed by atoms with E-state index in [4.69, 9.17) is 11.2 Å². The van der Waals surface area contributed by atoms with Crippen LogP contribution in [0.15, 0.2) is 36.5 Å². The molecule has 0 aliphatic carbocycles. The van der Waals surface area contributed by atoms with E-state index in [0.717, 1.165) is 4.35 Å². The molecule has 0 spiro atoms. The molecule has 6 heteroatoms. The number of nitrogens with one attached hydrogen (secondary N) is 1. The van der Waals surface area contributed by atoms with Gasteiger partial charge >= 0.3 is 154 Å². The predicted molar refractivity (Wildman–Crippen MR) is 97.2 cm³/mol. The van der Waals surface area contributed by atoms with Crippen LogP contribution >= 0.6 is 0 Å². The second kappa shape index (κ2) is 8.18. The number of terminal acetylenes is 1. The molecule has 0 fully saturated rings. The van der Waals surface area contributed by atoms with E-state index in [1.165, 1.54) is 19.2 Å². The van der Waals surface area contributed by atoms with Gasteiger partial charge in [0.05, 0.1) is 0 Å². The van der Waals surface area contributed by atoms with Gasteiger partial charge in [-0.05, 0) is 0 Å². The Hall–Kier alpha value is -2.31. The number of hydrogen-bond donors (Lipinski definition) is 1. The number of aromatic nitrogens is 1. The number of carbonyl (C=O) groups excluding carboxylic acids is 1. The Morgan fingerprint density at radius 1 is 1.48 bits per heavy atom. The fraction of sp³-hybridized carbons (Fsp3) is 0.263. The Bertz CT molecular complexity index is 819. The van der Waals surface area contributed by atoms with Gasteiger partial charge in [0.1, 0.15) is 0 Å². The van der Waals surface area contributed by atoms with E-state index >= 15 is 0 Å². The zero-order valence-electron chi connectivity index (χ0n) is 14.3. The van der Waals surface area contributed by atoms with Gasteiger partial charge in [0.2, 0.25) is 0 Å². The quantitative estimate of drug-likeness (QED) is 0.589. The summed E-state index contributed by atoms with van der Waals surface area (Å²) in [6.45, 7) is 3.71. The van der Waals surface area contributed by atoms with Crippen molar-refractivity contribution in [2.75, 3.05) is 7.11 Å². The van der Waals surface area contributed by atoms with Gasteiger partial charge < -0.3 is 0 Å². The van der Waals surface area contributed by atoms with Crippen molar-refractivity contribution in [2.24, 2.45) is 0 Å². The van der Waals surface area contributed by atoms with Crippen LogP contribution in [0.3, 0.4) is 0 Å². The summed E-state index contributed by atoms with van der Waals surface area (Å²) in [4.78, 5) is 17.0. The Labute approximate surface area is 153 Å². The van der Waals surface area contributed by atoms with Crippen molar-refractivity contribution in [2.45, 2.75) is 25.8 Å². The number of pyridine rings is 1. The number of amides is 1. The molecule has 1 aromatic carbocycles. The molecule has 1 N–H and O–H groups in total. The molecule has 2 rings (SSSR count). The first-order valence-corrected chi connectivity index (χ1v) is 9.60. The van der Waals surface area contributed by atoms with Crippen molar-refractivity contribution in [3.63, 3.8) is 0 Å². The van der Waals surface area contributed by atoms with Crippen LogP contribution < -0.4 is 18.9 Å². The van der Waals surface area contributed by atoms with E-state index in [0.29, 0.717) is 22.2 Å². The molecule has 1 amide bonds. The molecule has 0 bridgehead atoms. The number of nitrogens with zero attached hydrogens (tertiary/aromatic N) is 1. The summed E-state index contributed by atoms with van der Waals surface area (Å²) in [5.41, 5.74) is -0.261. The van der Waals surface area contributed by atoms with Gasteiger partial charge in [0.25, 0.3) is 0 Å². The topological polar surface area (TPSA) is 51.2 Å². The number of halogens is 1. The van der Waals surface area contributed by atoms with E-state index in [9.17, 15) is 9.18 Å². The van der Waals surface area contributed by atoms with E-state index in [2.05, 4.69) is 16.2 Å². The summed E-state index contributed by atoms with van der Waals surface area (Å²) >= 11 is -0.690. The monoisotopic (exact) mass is 401 g/mol. The van der Waals surface area contributed by atoms with Gasteiger partial charge in [0, 0.05) is 0 Å². The second-order valence-corrected chi connectivity index (χ2v) is 8.06. The number of ether oxygens (including phenoxy) is 1. The standard InChI is InChI=1S/C19H19AsFN2O2/c1-5-19(3,6-2)23-18(24)16-8-7-9-22-17(16)20-13-10-14(21)12-15(11-13)25-4/h1,7-12H,6H2,2-4H3,(H,23,24)/t19-/m1/s1. The van der Waals surface area contributed by atoms with Gasteiger partial charge in [-0.3, -0.25) is 0 Å². The average Bonchev–Trinajstić information content (AvgIpc) is 2.61. The van der Waals surface area contributed by atoms with Gasteiger partial charge in [-0.25, -0.2) is 0 Å². The first-order chi connectivity index (χ1) is 11.9. The first kappa shape index (κ1) is 19.0. The normalized spacial score (nSPS) is 13.2. The molecule has 2 aromatic rings. The Morgan fingerprint density at radius 2 is 2.24 bits per heavy atom. The van der Waals surface area contributed by atoms with E-state index in [1.54, 1.807) is 31.3 Å². The molecule has 1 atom stereocenters. The average molecular weight is 401 g/mol. The van der Waals surface area contributed by atoms with Crippen molar-refractivity contribution in [3.8, 4) is 18.1 Å². The zero-order valence-corrected chi connectivity index (χ0v) is 16.2. The summed E-state index contributed by atoms with van der Waals surface area (Å²) in [7, 11) is 1.49. The van der Waals surface area contributed by atoms with Crippen molar-refractivity contribution >= 4 is 30.5 Å². The third-order valence-corrected chi connectivity index (χ3v) is 6.05. The van der Waals surface area contributed by atoms with Crippen molar-refractivity contribution in [3.05, 3.63) is 47.9 Å². The van der Waals surface area contributed by atoms with Crippen LogP contribution in [0, 0.1) is 18.2 Å². The van der Waals surface area contributed by atoms with Crippen LogP contribution in [0.25, 0.3) is 0 Å². The number of carbonyl (C=O) groups is 1.